The molecule has 0 radical (unpaired) electrons. The highest BCUT2D eigenvalue weighted by Crippen LogP contribution is 2.18. The number of alkyl carbamates (subject to hydrolysis) is 1. The van der Waals surface area contributed by atoms with E-state index < -0.39 is 29.4 Å². The van der Waals surface area contributed by atoms with E-state index in [4.69, 9.17) is 10.5 Å². The molecule has 0 saturated heterocycles. The number of amides is 4. The molecule has 0 bridgehead atoms. The van der Waals surface area contributed by atoms with E-state index in [0.717, 1.165) is 11.8 Å². The van der Waals surface area contributed by atoms with E-state index in [1.165, 1.54) is 13.8 Å². The molecule has 0 aliphatic heterocycles. The first-order chi connectivity index (χ1) is 13.1. The first kappa shape index (κ1) is 22.7. The van der Waals surface area contributed by atoms with Crippen molar-refractivity contribution in [2.75, 3.05) is 0 Å². The molecule has 0 aliphatic rings. The summed E-state index contributed by atoms with van der Waals surface area (Å²) in [5.74, 6) is -2.43. The average Bonchev–Trinajstić information content (AvgIpc) is 2.63. The Bertz CT molecular complexity index is 761. The molecule has 9 nitrogen and oxygen atoms in total. The summed E-state index contributed by atoms with van der Waals surface area (Å²) >= 11 is 0. The fraction of sp³-hybridized carbons (Fsp3) is 0.368. The van der Waals surface area contributed by atoms with Crippen LogP contribution in [0.3, 0.4) is 0 Å². The lowest BCUT2D eigenvalue weighted by Crippen LogP contribution is -2.60. The number of nitrogens with one attached hydrogen (secondary N) is 3. The second-order valence-electron chi connectivity index (χ2n) is 6.62. The molecule has 9 heteroatoms. The zero-order valence-corrected chi connectivity index (χ0v) is 16.4. The summed E-state index contributed by atoms with van der Waals surface area (Å²) in [5.41, 5.74) is 4.30. The van der Waals surface area contributed by atoms with Gasteiger partial charge in [0.2, 0.25) is 11.8 Å². The highest BCUT2D eigenvalue weighted by atomic mass is 16.5. The number of hydrogen-bond acceptors (Lipinski definition) is 5. The van der Waals surface area contributed by atoms with E-state index in [1.807, 2.05) is 18.2 Å². The maximum atomic E-state index is 12.7. The van der Waals surface area contributed by atoms with E-state index in [-0.39, 0.29) is 18.2 Å². The van der Waals surface area contributed by atoms with Crippen molar-refractivity contribution in [1.29, 1.82) is 0 Å². The predicted molar refractivity (Wildman–Crippen MR) is 102 cm³/mol. The summed E-state index contributed by atoms with van der Waals surface area (Å²) in [6, 6.07) is 9.07. The SMILES string of the molecule is CC(=O)NC=C(NC(=O)[C@@](C)(NC(=O)OCc1ccccc1)C(C)C)C(N)=O. The Morgan fingerprint density at radius 3 is 2.29 bits per heavy atom. The largest absolute Gasteiger partial charge is 0.445 e. The Morgan fingerprint density at radius 2 is 1.79 bits per heavy atom. The molecule has 4 amide bonds. The van der Waals surface area contributed by atoms with Crippen LogP contribution in [-0.2, 0) is 25.7 Å². The van der Waals surface area contributed by atoms with Crippen LogP contribution >= 0.6 is 0 Å². The fourth-order valence-corrected chi connectivity index (χ4v) is 2.03. The van der Waals surface area contributed by atoms with Crippen LogP contribution in [0.2, 0.25) is 0 Å². The van der Waals surface area contributed by atoms with Crippen LogP contribution in [0.15, 0.2) is 42.2 Å². The third-order valence-corrected chi connectivity index (χ3v) is 4.13. The Hall–Kier alpha value is -3.36. The molecule has 0 spiro atoms. The molecule has 5 N–H and O–H groups in total. The van der Waals surface area contributed by atoms with Crippen LogP contribution in [0.25, 0.3) is 0 Å². The Labute approximate surface area is 163 Å². The molecule has 1 aromatic carbocycles. The van der Waals surface area contributed by atoms with Gasteiger partial charge in [0.25, 0.3) is 5.91 Å². The second-order valence-corrected chi connectivity index (χ2v) is 6.62. The van der Waals surface area contributed by atoms with Crippen molar-refractivity contribution >= 4 is 23.8 Å². The van der Waals surface area contributed by atoms with Crippen LogP contribution in [0.5, 0.6) is 0 Å². The molecule has 28 heavy (non-hydrogen) atoms. The van der Waals surface area contributed by atoms with Gasteiger partial charge in [-0.15, -0.1) is 0 Å². The number of rotatable bonds is 8. The van der Waals surface area contributed by atoms with Crippen LogP contribution in [0, 0.1) is 5.92 Å². The molecule has 0 saturated carbocycles. The molecule has 0 heterocycles. The van der Waals surface area contributed by atoms with Gasteiger partial charge in [-0.2, -0.15) is 0 Å². The quantitative estimate of drug-likeness (QED) is 0.489. The zero-order chi connectivity index (χ0) is 21.3. The average molecular weight is 390 g/mol. The van der Waals surface area contributed by atoms with Gasteiger partial charge in [-0.3, -0.25) is 14.4 Å². The normalized spacial score (nSPS) is 13.2. The van der Waals surface area contributed by atoms with Gasteiger partial charge in [-0.25, -0.2) is 4.79 Å². The van der Waals surface area contributed by atoms with E-state index in [0.29, 0.717) is 0 Å². The predicted octanol–water partition coefficient (Wildman–Crippen LogP) is 0.907. The van der Waals surface area contributed by atoms with Crippen LogP contribution < -0.4 is 21.7 Å². The highest BCUT2D eigenvalue weighted by molar-refractivity contribution is 6.00. The first-order valence-electron chi connectivity index (χ1n) is 8.63. The van der Waals surface area contributed by atoms with Gasteiger partial charge in [0, 0.05) is 13.1 Å². The van der Waals surface area contributed by atoms with Gasteiger partial charge in [-0.05, 0) is 18.4 Å². The summed E-state index contributed by atoms with van der Waals surface area (Å²) in [6.45, 7) is 6.21. The molecule has 0 unspecified atom stereocenters. The molecular formula is C19H26N4O5. The van der Waals surface area contributed by atoms with E-state index >= 15 is 0 Å². The summed E-state index contributed by atoms with van der Waals surface area (Å²) in [7, 11) is 0. The molecular weight excluding hydrogens is 364 g/mol. The first-order valence-corrected chi connectivity index (χ1v) is 8.63. The topological polar surface area (TPSA) is 140 Å². The van der Waals surface area contributed by atoms with Gasteiger partial charge < -0.3 is 26.4 Å². The number of hydrogen-bond donors (Lipinski definition) is 4. The Kier molecular flexibility index (Phi) is 8.18. The van der Waals surface area contributed by atoms with Gasteiger partial charge in [0.05, 0.1) is 0 Å². The van der Waals surface area contributed by atoms with Crippen molar-refractivity contribution in [3.63, 3.8) is 0 Å². The van der Waals surface area contributed by atoms with Gasteiger partial charge in [0.15, 0.2) is 0 Å². The lowest BCUT2D eigenvalue weighted by Gasteiger charge is -2.32. The summed E-state index contributed by atoms with van der Waals surface area (Å²) < 4.78 is 5.16. The van der Waals surface area contributed by atoms with E-state index in [2.05, 4.69) is 16.0 Å². The van der Waals surface area contributed by atoms with Gasteiger partial charge in [0.1, 0.15) is 17.8 Å². The minimum Gasteiger partial charge on any atom is -0.445 e. The molecule has 152 valence electrons. The maximum Gasteiger partial charge on any atom is 0.408 e. The number of benzene rings is 1. The van der Waals surface area contributed by atoms with Crippen molar-refractivity contribution in [3.8, 4) is 0 Å². The summed E-state index contributed by atoms with van der Waals surface area (Å²) in [5, 5.41) is 7.13. The van der Waals surface area contributed by atoms with Crippen molar-refractivity contribution in [1.82, 2.24) is 16.0 Å². The summed E-state index contributed by atoms with van der Waals surface area (Å²) in [6.07, 6.45) is 0.207. The third kappa shape index (κ3) is 6.75. The van der Waals surface area contributed by atoms with Crippen LogP contribution in [0.1, 0.15) is 33.3 Å². The number of carbonyl (C=O) groups excluding carboxylic acids is 4. The molecule has 1 aromatic rings. The number of carbonyl (C=O) groups is 4. The summed E-state index contributed by atoms with van der Waals surface area (Å²) in [4.78, 5) is 47.4. The smallest absolute Gasteiger partial charge is 0.408 e. The number of ether oxygens (including phenoxy) is 1. The monoisotopic (exact) mass is 390 g/mol. The van der Waals surface area contributed by atoms with Crippen molar-refractivity contribution in [3.05, 3.63) is 47.8 Å². The fourth-order valence-electron chi connectivity index (χ4n) is 2.03. The van der Waals surface area contributed by atoms with E-state index in [9.17, 15) is 19.2 Å². The minimum atomic E-state index is -1.40. The van der Waals surface area contributed by atoms with Crippen LogP contribution in [0.4, 0.5) is 4.79 Å². The van der Waals surface area contributed by atoms with Gasteiger partial charge >= 0.3 is 6.09 Å². The van der Waals surface area contributed by atoms with Crippen molar-refractivity contribution < 1.29 is 23.9 Å². The van der Waals surface area contributed by atoms with E-state index in [1.54, 1.807) is 26.0 Å². The molecule has 1 rings (SSSR count). The lowest BCUT2D eigenvalue weighted by atomic mass is 9.87. The highest BCUT2D eigenvalue weighted by Gasteiger charge is 2.39. The molecule has 0 aliphatic carbocycles. The molecule has 0 aromatic heterocycles. The maximum absolute atomic E-state index is 12.7. The standard InChI is InChI=1S/C19H26N4O5/c1-12(2)19(4,17(26)22-15(16(20)25)10-21-13(3)24)23-18(27)28-11-14-8-6-5-7-9-14/h5-10,12H,11H2,1-4H3,(H2,20,25)(H,21,24)(H,22,26)(H,23,27)/t19-/m0/s1. The second kappa shape index (κ2) is 10.1. The van der Waals surface area contributed by atoms with Crippen molar-refractivity contribution in [2.24, 2.45) is 11.7 Å². The zero-order valence-electron chi connectivity index (χ0n) is 16.4. The Balaban J connectivity index is 2.85. The molecule has 1 atom stereocenters. The van der Waals surface area contributed by atoms with Crippen LogP contribution in [-0.4, -0.2) is 29.4 Å². The van der Waals surface area contributed by atoms with Gasteiger partial charge in [-0.1, -0.05) is 44.2 Å². The third-order valence-electron chi connectivity index (χ3n) is 4.13. The van der Waals surface area contributed by atoms with Crippen molar-refractivity contribution in [2.45, 2.75) is 39.8 Å². The minimum absolute atomic E-state index is 0.0391. The lowest BCUT2D eigenvalue weighted by molar-refractivity contribution is -0.129. The Morgan fingerprint density at radius 1 is 1.18 bits per heavy atom. The molecule has 0 fully saturated rings. The number of primary amides is 1. The number of nitrogens with two attached hydrogens (primary N) is 1.